The lowest BCUT2D eigenvalue weighted by Crippen LogP contribution is -2.39. The number of hydrogen-bond acceptors (Lipinski definition) is 3. The summed E-state index contributed by atoms with van der Waals surface area (Å²) in [6, 6.07) is 0. The summed E-state index contributed by atoms with van der Waals surface area (Å²) < 4.78 is 5.40. The number of carbonyl (C=O) groups is 1. The lowest BCUT2D eigenvalue weighted by atomic mass is 9.74. The smallest absolute Gasteiger partial charge is 0.303 e. The Morgan fingerprint density at radius 3 is 2.61 bits per heavy atom. The van der Waals surface area contributed by atoms with Crippen LogP contribution in [0.3, 0.4) is 0 Å². The average molecular weight is 257 g/mol. The third-order valence-electron chi connectivity index (χ3n) is 3.92. The third-order valence-corrected chi connectivity index (χ3v) is 3.92. The molecule has 0 aromatic carbocycles. The van der Waals surface area contributed by atoms with Crippen LogP contribution in [-0.2, 0) is 9.53 Å². The minimum absolute atomic E-state index is 0.188. The molecule has 1 aliphatic heterocycles. The zero-order chi connectivity index (χ0) is 13.6. The van der Waals surface area contributed by atoms with E-state index in [2.05, 4.69) is 19.2 Å². The van der Waals surface area contributed by atoms with Gasteiger partial charge in [-0.2, -0.15) is 0 Å². The molecule has 0 bridgehead atoms. The number of ether oxygens (including phenoxy) is 1. The summed E-state index contributed by atoms with van der Waals surface area (Å²) in [6.07, 6.45) is 2.52. The Bertz CT molecular complexity index is 260. The highest BCUT2D eigenvalue weighted by atomic mass is 16.5. The summed E-state index contributed by atoms with van der Waals surface area (Å²) in [7, 11) is 0. The van der Waals surface area contributed by atoms with Crippen molar-refractivity contribution in [2.24, 2.45) is 17.3 Å². The van der Waals surface area contributed by atoms with Crippen molar-refractivity contribution in [2.45, 2.75) is 40.0 Å². The van der Waals surface area contributed by atoms with Crippen molar-refractivity contribution in [3.8, 4) is 0 Å². The van der Waals surface area contributed by atoms with E-state index in [4.69, 9.17) is 9.84 Å². The normalized spacial score (nSPS) is 19.7. The van der Waals surface area contributed by atoms with Crippen LogP contribution in [0.4, 0.5) is 0 Å². The molecule has 18 heavy (non-hydrogen) atoms. The van der Waals surface area contributed by atoms with Crippen LogP contribution in [0.15, 0.2) is 0 Å². The summed E-state index contributed by atoms with van der Waals surface area (Å²) in [6.45, 7) is 10.0. The summed E-state index contributed by atoms with van der Waals surface area (Å²) >= 11 is 0. The van der Waals surface area contributed by atoms with Crippen LogP contribution >= 0.6 is 0 Å². The van der Waals surface area contributed by atoms with Crippen LogP contribution in [-0.4, -0.2) is 37.4 Å². The fourth-order valence-corrected chi connectivity index (χ4v) is 2.63. The van der Waals surface area contributed by atoms with Gasteiger partial charge in [0.15, 0.2) is 0 Å². The lowest BCUT2D eigenvalue weighted by Gasteiger charge is -2.37. The Hall–Kier alpha value is -0.610. The predicted molar refractivity (Wildman–Crippen MR) is 71.6 cm³/mol. The molecule has 0 amide bonds. The second-order valence-corrected chi connectivity index (χ2v) is 6.21. The van der Waals surface area contributed by atoms with Crippen LogP contribution in [0.25, 0.3) is 0 Å². The van der Waals surface area contributed by atoms with Crippen molar-refractivity contribution < 1.29 is 14.6 Å². The molecule has 1 aliphatic rings. The number of nitrogens with one attached hydrogen (secondary N) is 1. The molecule has 0 aromatic heterocycles. The van der Waals surface area contributed by atoms with Gasteiger partial charge < -0.3 is 15.2 Å². The Morgan fingerprint density at radius 2 is 2.06 bits per heavy atom. The highest BCUT2D eigenvalue weighted by Crippen LogP contribution is 2.33. The van der Waals surface area contributed by atoms with E-state index in [0.29, 0.717) is 5.92 Å². The maximum absolute atomic E-state index is 10.6. The molecule has 1 unspecified atom stereocenters. The van der Waals surface area contributed by atoms with Gasteiger partial charge in [0.1, 0.15) is 0 Å². The largest absolute Gasteiger partial charge is 0.481 e. The monoisotopic (exact) mass is 257 g/mol. The minimum Gasteiger partial charge on any atom is -0.481 e. The molecule has 1 saturated heterocycles. The van der Waals surface area contributed by atoms with Gasteiger partial charge in [0.2, 0.25) is 0 Å². The van der Waals surface area contributed by atoms with Gasteiger partial charge in [0, 0.05) is 26.2 Å². The quantitative estimate of drug-likeness (QED) is 0.733. The van der Waals surface area contributed by atoms with E-state index in [0.717, 1.165) is 39.1 Å². The number of aliphatic carboxylic acids is 1. The van der Waals surface area contributed by atoms with Crippen LogP contribution in [0.2, 0.25) is 0 Å². The van der Waals surface area contributed by atoms with Crippen LogP contribution < -0.4 is 5.32 Å². The Morgan fingerprint density at radius 1 is 1.44 bits per heavy atom. The summed E-state index contributed by atoms with van der Waals surface area (Å²) in [5.74, 6) is 0.175. The first kappa shape index (κ1) is 15.4. The molecule has 0 radical (unpaired) electrons. The highest BCUT2D eigenvalue weighted by Gasteiger charge is 2.30. The molecule has 1 heterocycles. The molecule has 0 spiro atoms. The van der Waals surface area contributed by atoms with Gasteiger partial charge in [-0.05, 0) is 36.6 Å². The first-order valence-electron chi connectivity index (χ1n) is 6.92. The van der Waals surface area contributed by atoms with E-state index in [1.165, 1.54) is 0 Å². The van der Waals surface area contributed by atoms with E-state index >= 15 is 0 Å². The SMILES string of the molecule is CC(CNCC(C)(C)C1CCOCC1)CC(=O)O. The maximum Gasteiger partial charge on any atom is 0.303 e. The number of carboxylic acids is 1. The molecule has 4 heteroatoms. The van der Waals surface area contributed by atoms with Gasteiger partial charge in [-0.25, -0.2) is 0 Å². The zero-order valence-corrected chi connectivity index (χ0v) is 11.9. The minimum atomic E-state index is -0.715. The van der Waals surface area contributed by atoms with Gasteiger partial charge in [-0.3, -0.25) is 4.79 Å². The Kier molecular flexibility index (Phi) is 6.09. The summed E-state index contributed by atoms with van der Waals surface area (Å²) in [5, 5.41) is 12.1. The zero-order valence-electron chi connectivity index (χ0n) is 11.9. The van der Waals surface area contributed by atoms with Crippen LogP contribution in [0, 0.1) is 17.3 Å². The van der Waals surface area contributed by atoms with Crippen LogP contribution in [0.5, 0.6) is 0 Å². The average Bonchev–Trinajstić information content (AvgIpc) is 2.29. The number of carboxylic acid groups (broad SMARTS) is 1. The van der Waals surface area contributed by atoms with Crippen molar-refractivity contribution in [3.05, 3.63) is 0 Å². The van der Waals surface area contributed by atoms with Crippen molar-refractivity contribution in [2.75, 3.05) is 26.3 Å². The van der Waals surface area contributed by atoms with E-state index in [9.17, 15) is 4.79 Å². The topological polar surface area (TPSA) is 58.6 Å². The Balaban J connectivity index is 2.25. The molecule has 106 valence electrons. The molecule has 1 atom stereocenters. The summed E-state index contributed by atoms with van der Waals surface area (Å²) in [5.41, 5.74) is 0.257. The van der Waals surface area contributed by atoms with Gasteiger partial charge in [-0.15, -0.1) is 0 Å². The number of hydrogen-bond donors (Lipinski definition) is 2. The van der Waals surface area contributed by atoms with Crippen molar-refractivity contribution >= 4 is 5.97 Å². The standard InChI is InChI=1S/C14H27NO3/c1-11(8-13(16)17)9-15-10-14(2,3)12-4-6-18-7-5-12/h11-12,15H,4-10H2,1-3H3,(H,16,17). The highest BCUT2D eigenvalue weighted by molar-refractivity contribution is 5.66. The lowest BCUT2D eigenvalue weighted by molar-refractivity contribution is -0.137. The van der Waals surface area contributed by atoms with Gasteiger partial charge >= 0.3 is 5.97 Å². The molecule has 0 aliphatic carbocycles. The van der Waals surface area contributed by atoms with E-state index < -0.39 is 5.97 Å². The van der Waals surface area contributed by atoms with Crippen molar-refractivity contribution in [1.82, 2.24) is 5.32 Å². The fraction of sp³-hybridized carbons (Fsp3) is 0.929. The van der Waals surface area contributed by atoms with Crippen LogP contribution in [0.1, 0.15) is 40.0 Å². The van der Waals surface area contributed by atoms with Crippen molar-refractivity contribution in [3.63, 3.8) is 0 Å². The van der Waals surface area contributed by atoms with Crippen molar-refractivity contribution in [1.29, 1.82) is 0 Å². The second kappa shape index (κ2) is 7.10. The number of rotatable bonds is 7. The molecule has 0 aromatic rings. The van der Waals surface area contributed by atoms with E-state index in [-0.39, 0.29) is 17.8 Å². The van der Waals surface area contributed by atoms with Gasteiger partial charge in [0.25, 0.3) is 0 Å². The third kappa shape index (κ3) is 5.36. The van der Waals surface area contributed by atoms with Gasteiger partial charge in [0.05, 0.1) is 0 Å². The molecular weight excluding hydrogens is 230 g/mol. The second-order valence-electron chi connectivity index (χ2n) is 6.21. The molecule has 4 nitrogen and oxygen atoms in total. The molecule has 1 rings (SSSR count). The summed E-state index contributed by atoms with van der Waals surface area (Å²) in [4.78, 5) is 10.6. The first-order chi connectivity index (χ1) is 8.42. The van der Waals surface area contributed by atoms with Gasteiger partial charge in [-0.1, -0.05) is 20.8 Å². The first-order valence-corrected chi connectivity index (χ1v) is 6.92. The fourth-order valence-electron chi connectivity index (χ4n) is 2.63. The maximum atomic E-state index is 10.6. The molecule has 0 saturated carbocycles. The molecule has 1 fully saturated rings. The van der Waals surface area contributed by atoms with E-state index in [1.54, 1.807) is 0 Å². The predicted octanol–water partition coefficient (Wildman–Crippen LogP) is 2.14. The molecule has 2 N–H and O–H groups in total. The van der Waals surface area contributed by atoms with E-state index in [1.807, 2.05) is 6.92 Å². The molecular formula is C14H27NO3. The Labute approximate surface area is 110 Å².